The van der Waals surface area contributed by atoms with Crippen molar-refractivity contribution in [2.45, 2.75) is 32.8 Å². The lowest BCUT2D eigenvalue weighted by molar-refractivity contribution is -0.118. The van der Waals surface area contributed by atoms with Crippen LogP contribution in [0.3, 0.4) is 0 Å². The molecule has 19 heavy (non-hydrogen) atoms. The van der Waals surface area contributed by atoms with Crippen LogP contribution in [0.4, 0.5) is 0 Å². The molecule has 0 N–H and O–H groups in total. The highest BCUT2D eigenvalue weighted by molar-refractivity contribution is 7.99. The number of hydrogen-bond acceptors (Lipinski definition) is 4. The molecule has 5 heteroatoms. The number of ketones is 1. The van der Waals surface area contributed by atoms with E-state index < -0.39 is 0 Å². The smallest absolute Gasteiger partial charge is 0.410 e. The number of thioether (sulfide) groups is 1. The second-order valence-electron chi connectivity index (χ2n) is 4.73. The molecule has 0 aromatic heterocycles. The van der Waals surface area contributed by atoms with E-state index in [1.165, 1.54) is 0 Å². The maximum atomic E-state index is 11.8. The first-order valence-electron chi connectivity index (χ1n) is 6.70. The van der Waals surface area contributed by atoms with Gasteiger partial charge in [-0.15, -0.1) is 0 Å². The van der Waals surface area contributed by atoms with Crippen molar-refractivity contribution in [1.82, 2.24) is 0 Å². The summed E-state index contributed by atoms with van der Waals surface area (Å²) in [5.74, 6) is 0.878. The van der Waals surface area contributed by atoms with Crippen LogP contribution in [0.2, 0.25) is 0 Å². The molecular formula is C14H23BO3S. The summed E-state index contributed by atoms with van der Waals surface area (Å²) in [6, 6.07) is 0. The molecule has 0 heterocycles. The lowest BCUT2D eigenvalue weighted by atomic mass is 9.73. The number of Topliss-reactive ketones (excluding diaryl/α,β-unsaturated/α-hetero) is 1. The fraction of sp³-hybridized carbons (Fsp3) is 0.643. The highest BCUT2D eigenvalue weighted by Crippen LogP contribution is 2.21. The van der Waals surface area contributed by atoms with Gasteiger partial charge < -0.3 is 9.31 Å². The van der Waals surface area contributed by atoms with E-state index in [0.29, 0.717) is 5.75 Å². The van der Waals surface area contributed by atoms with Gasteiger partial charge in [-0.05, 0) is 31.5 Å². The molecule has 1 rings (SSSR count). The Labute approximate surface area is 121 Å². The molecule has 1 aliphatic rings. The third kappa shape index (κ3) is 5.17. The number of rotatable bonds is 8. The van der Waals surface area contributed by atoms with Crippen LogP contribution in [0.1, 0.15) is 26.7 Å². The van der Waals surface area contributed by atoms with Gasteiger partial charge in [0.25, 0.3) is 0 Å². The van der Waals surface area contributed by atoms with Gasteiger partial charge in [0.05, 0.1) is 5.75 Å². The largest absolute Gasteiger partial charge is 0.493 e. The van der Waals surface area contributed by atoms with Crippen LogP contribution >= 0.6 is 11.8 Å². The maximum absolute atomic E-state index is 11.8. The third-order valence-electron chi connectivity index (χ3n) is 3.25. The zero-order valence-electron chi connectivity index (χ0n) is 12.2. The SMILES string of the molecule is CCC(C)OB(OC)C1=CCC(C(=O)CSC)C=C1. The Morgan fingerprint density at radius 3 is 2.84 bits per heavy atom. The van der Waals surface area contributed by atoms with Gasteiger partial charge in [0, 0.05) is 19.1 Å². The number of hydrogen-bond donors (Lipinski definition) is 0. The number of allylic oxidation sites excluding steroid dienone is 4. The molecule has 0 fully saturated rings. The van der Waals surface area contributed by atoms with Crippen LogP contribution in [0.15, 0.2) is 23.7 Å². The summed E-state index contributed by atoms with van der Waals surface area (Å²) >= 11 is 1.57. The Bertz CT molecular complexity index is 355. The first-order chi connectivity index (χ1) is 9.12. The number of carbonyl (C=O) groups excluding carboxylic acids is 1. The molecule has 0 saturated carbocycles. The average Bonchev–Trinajstić information content (AvgIpc) is 2.45. The second-order valence-corrected chi connectivity index (χ2v) is 5.59. The normalized spacial score (nSPS) is 20.0. The van der Waals surface area contributed by atoms with Crippen molar-refractivity contribution in [1.29, 1.82) is 0 Å². The van der Waals surface area contributed by atoms with Crippen LogP contribution in [0.5, 0.6) is 0 Å². The van der Waals surface area contributed by atoms with Crippen molar-refractivity contribution in [2.75, 3.05) is 19.1 Å². The summed E-state index contributed by atoms with van der Waals surface area (Å²) in [4.78, 5) is 11.8. The average molecular weight is 282 g/mol. The zero-order chi connectivity index (χ0) is 14.3. The Morgan fingerprint density at radius 2 is 2.37 bits per heavy atom. The van der Waals surface area contributed by atoms with Crippen LogP contribution in [-0.2, 0) is 14.1 Å². The van der Waals surface area contributed by atoms with Crippen molar-refractivity contribution < 1.29 is 14.1 Å². The van der Waals surface area contributed by atoms with Crippen LogP contribution in [0, 0.1) is 5.92 Å². The molecule has 0 saturated heterocycles. The van der Waals surface area contributed by atoms with Gasteiger partial charge in [0.2, 0.25) is 0 Å². The molecule has 3 nitrogen and oxygen atoms in total. The van der Waals surface area contributed by atoms with Gasteiger partial charge in [0.1, 0.15) is 5.78 Å². The van der Waals surface area contributed by atoms with E-state index in [9.17, 15) is 4.79 Å². The highest BCUT2D eigenvalue weighted by Gasteiger charge is 2.26. The number of carbonyl (C=O) groups is 1. The van der Waals surface area contributed by atoms with Gasteiger partial charge in [-0.2, -0.15) is 11.8 Å². The van der Waals surface area contributed by atoms with Crippen molar-refractivity contribution >= 4 is 24.7 Å². The van der Waals surface area contributed by atoms with Crippen molar-refractivity contribution in [3.8, 4) is 0 Å². The molecule has 1 aliphatic carbocycles. The lowest BCUT2D eigenvalue weighted by Crippen LogP contribution is -2.29. The van der Waals surface area contributed by atoms with E-state index >= 15 is 0 Å². The molecule has 0 aromatic carbocycles. The molecule has 0 aromatic rings. The highest BCUT2D eigenvalue weighted by atomic mass is 32.2. The van der Waals surface area contributed by atoms with Crippen molar-refractivity contribution in [3.05, 3.63) is 23.7 Å². The topological polar surface area (TPSA) is 35.5 Å². The van der Waals surface area contributed by atoms with Gasteiger partial charge in [0.15, 0.2) is 0 Å². The summed E-state index contributed by atoms with van der Waals surface area (Å²) < 4.78 is 11.2. The fourth-order valence-electron chi connectivity index (χ4n) is 1.88. The maximum Gasteiger partial charge on any atom is 0.493 e. The third-order valence-corrected chi connectivity index (χ3v) is 3.82. The Hall–Kier alpha value is -0.515. The quantitative estimate of drug-likeness (QED) is 0.641. The lowest BCUT2D eigenvalue weighted by Gasteiger charge is -2.21. The van der Waals surface area contributed by atoms with Gasteiger partial charge in [-0.3, -0.25) is 4.79 Å². The van der Waals surface area contributed by atoms with E-state index in [4.69, 9.17) is 9.31 Å². The minimum Gasteiger partial charge on any atom is -0.410 e. The molecule has 0 radical (unpaired) electrons. The predicted molar refractivity (Wildman–Crippen MR) is 82.3 cm³/mol. The summed E-state index contributed by atoms with van der Waals surface area (Å²) in [5, 5.41) is 0. The predicted octanol–water partition coefficient (Wildman–Crippen LogP) is 2.91. The van der Waals surface area contributed by atoms with Crippen LogP contribution in [-0.4, -0.2) is 38.1 Å². The van der Waals surface area contributed by atoms with E-state index in [2.05, 4.69) is 13.0 Å². The molecule has 0 amide bonds. The summed E-state index contributed by atoms with van der Waals surface area (Å²) in [6.45, 7) is 4.11. The summed E-state index contributed by atoms with van der Waals surface area (Å²) in [6.07, 6.45) is 9.80. The van der Waals surface area contributed by atoms with E-state index in [1.807, 2.05) is 25.3 Å². The Morgan fingerprint density at radius 1 is 1.63 bits per heavy atom. The van der Waals surface area contributed by atoms with Crippen LogP contribution < -0.4 is 0 Å². The van der Waals surface area contributed by atoms with Crippen LogP contribution in [0.25, 0.3) is 0 Å². The van der Waals surface area contributed by atoms with E-state index in [-0.39, 0.29) is 24.9 Å². The minimum absolute atomic E-state index is 0.0114. The van der Waals surface area contributed by atoms with Gasteiger partial charge >= 0.3 is 7.12 Å². The van der Waals surface area contributed by atoms with E-state index in [0.717, 1.165) is 18.3 Å². The zero-order valence-corrected chi connectivity index (χ0v) is 13.0. The molecule has 106 valence electrons. The van der Waals surface area contributed by atoms with Crippen molar-refractivity contribution in [2.24, 2.45) is 5.92 Å². The molecule has 0 aliphatic heterocycles. The Kier molecular flexibility index (Phi) is 7.50. The summed E-state index contributed by atoms with van der Waals surface area (Å²) in [5.41, 5.74) is 1.01. The Balaban J connectivity index is 2.58. The first-order valence-corrected chi connectivity index (χ1v) is 8.09. The molecule has 0 spiro atoms. The molecular weight excluding hydrogens is 259 g/mol. The van der Waals surface area contributed by atoms with E-state index in [1.54, 1.807) is 18.9 Å². The standard InChI is InChI=1S/C14H23BO3S/c1-5-11(2)18-15(17-3)13-8-6-12(7-9-13)14(16)10-19-4/h6,8-9,11-12H,5,7,10H2,1-4H3. The summed E-state index contributed by atoms with van der Waals surface area (Å²) in [7, 11) is 1.31. The fourth-order valence-corrected chi connectivity index (χ4v) is 2.38. The second kappa shape index (κ2) is 8.62. The van der Waals surface area contributed by atoms with Crippen molar-refractivity contribution in [3.63, 3.8) is 0 Å². The molecule has 2 unspecified atom stereocenters. The van der Waals surface area contributed by atoms with Gasteiger partial charge in [-0.25, -0.2) is 0 Å². The first kappa shape index (κ1) is 16.5. The van der Waals surface area contributed by atoms with Gasteiger partial charge in [-0.1, -0.05) is 25.2 Å². The molecule has 0 bridgehead atoms. The monoisotopic (exact) mass is 282 g/mol. The molecule has 2 atom stereocenters. The minimum atomic E-state index is -0.331.